The number of carbonyl (C=O) groups is 1. The van der Waals surface area contributed by atoms with Crippen LogP contribution in [-0.2, 0) is 0 Å². The molecule has 142 valence electrons. The SMILES string of the molecule is CN(C(=O)c1cc(-c2ncnc3nc[nH]c23)c[nH]1)C(CO)c1cccc(Cl)c1. The summed E-state index contributed by atoms with van der Waals surface area (Å²) in [7, 11) is 1.64. The molecule has 0 aliphatic heterocycles. The van der Waals surface area contributed by atoms with Crippen molar-refractivity contribution in [3.63, 3.8) is 0 Å². The zero-order chi connectivity index (χ0) is 19.7. The van der Waals surface area contributed by atoms with Crippen molar-refractivity contribution < 1.29 is 9.90 Å². The lowest BCUT2D eigenvalue weighted by atomic mass is 10.1. The highest BCUT2D eigenvalue weighted by atomic mass is 35.5. The summed E-state index contributed by atoms with van der Waals surface area (Å²) in [5, 5.41) is 10.4. The van der Waals surface area contributed by atoms with E-state index in [9.17, 15) is 9.90 Å². The van der Waals surface area contributed by atoms with Crippen LogP contribution in [0, 0.1) is 0 Å². The fraction of sp³-hybridized carbons (Fsp3) is 0.158. The minimum absolute atomic E-state index is 0.225. The van der Waals surface area contributed by atoms with Crippen LogP contribution in [0.25, 0.3) is 22.4 Å². The van der Waals surface area contributed by atoms with Gasteiger partial charge in [0.25, 0.3) is 5.91 Å². The molecule has 0 radical (unpaired) electrons. The van der Waals surface area contributed by atoms with E-state index in [1.54, 1.807) is 43.8 Å². The maximum Gasteiger partial charge on any atom is 0.270 e. The number of rotatable bonds is 5. The van der Waals surface area contributed by atoms with Crippen LogP contribution in [-0.4, -0.2) is 54.5 Å². The van der Waals surface area contributed by atoms with E-state index in [4.69, 9.17) is 11.6 Å². The summed E-state index contributed by atoms with van der Waals surface area (Å²) in [5.41, 5.74) is 3.76. The van der Waals surface area contributed by atoms with Crippen molar-refractivity contribution in [1.82, 2.24) is 29.8 Å². The fourth-order valence-corrected chi connectivity index (χ4v) is 3.33. The molecule has 1 aromatic carbocycles. The minimum Gasteiger partial charge on any atom is -0.394 e. The number of benzene rings is 1. The van der Waals surface area contributed by atoms with Crippen LogP contribution in [0.4, 0.5) is 0 Å². The highest BCUT2D eigenvalue weighted by molar-refractivity contribution is 6.30. The first-order valence-electron chi connectivity index (χ1n) is 8.55. The van der Waals surface area contributed by atoms with Crippen LogP contribution >= 0.6 is 11.6 Å². The summed E-state index contributed by atoms with van der Waals surface area (Å²) in [5.74, 6) is -0.264. The lowest BCUT2D eigenvalue weighted by molar-refractivity contribution is 0.0653. The molecule has 1 unspecified atom stereocenters. The quantitative estimate of drug-likeness (QED) is 0.480. The Hall–Kier alpha value is -3.23. The van der Waals surface area contributed by atoms with Gasteiger partial charge >= 0.3 is 0 Å². The molecule has 1 atom stereocenters. The van der Waals surface area contributed by atoms with Crippen molar-refractivity contribution in [3.05, 3.63) is 65.5 Å². The number of carbonyl (C=O) groups excluding carboxylic acids is 1. The second-order valence-corrected chi connectivity index (χ2v) is 6.73. The van der Waals surface area contributed by atoms with Crippen LogP contribution in [0.1, 0.15) is 22.1 Å². The van der Waals surface area contributed by atoms with Gasteiger partial charge in [0.1, 0.15) is 23.2 Å². The molecule has 1 amide bonds. The van der Waals surface area contributed by atoms with Gasteiger partial charge in [0.2, 0.25) is 0 Å². The molecule has 3 N–H and O–H groups in total. The third-order valence-electron chi connectivity index (χ3n) is 4.60. The molecule has 0 saturated heterocycles. The molecule has 0 aliphatic rings. The Bertz CT molecular complexity index is 1140. The first-order chi connectivity index (χ1) is 13.6. The minimum atomic E-state index is -0.517. The molecule has 4 rings (SSSR count). The molecule has 0 aliphatic carbocycles. The number of aromatic nitrogens is 5. The summed E-state index contributed by atoms with van der Waals surface area (Å²) < 4.78 is 0. The maximum absolute atomic E-state index is 13.0. The number of likely N-dealkylation sites (N-methyl/N-ethyl adjacent to an activating group) is 1. The molecule has 9 heteroatoms. The van der Waals surface area contributed by atoms with Crippen molar-refractivity contribution >= 4 is 28.7 Å². The Morgan fingerprint density at radius 2 is 2.11 bits per heavy atom. The maximum atomic E-state index is 13.0. The number of nitrogens with zero attached hydrogens (tertiary/aromatic N) is 4. The van der Waals surface area contributed by atoms with E-state index in [2.05, 4.69) is 24.9 Å². The second kappa shape index (κ2) is 7.41. The highest BCUT2D eigenvalue weighted by Gasteiger charge is 2.24. The third-order valence-corrected chi connectivity index (χ3v) is 4.84. The average molecular weight is 397 g/mol. The number of fused-ring (bicyclic) bond motifs is 1. The van der Waals surface area contributed by atoms with Crippen molar-refractivity contribution in [2.45, 2.75) is 6.04 Å². The van der Waals surface area contributed by atoms with Crippen molar-refractivity contribution in [2.24, 2.45) is 0 Å². The van der Waals surface area contributed by atoms with E-state index in [1.165, 1.54) is 11.2 Å². The van der Waals surface area contributed by atoms with Crippen LogP contribution in [0.15, 0.2) is 49.2 Å². The van der Waals surface area contributed by atoms with Gasteiger partial charge in [-0.05, 0) is 23.8 Å². The zero-order valence-corrected chi connectivity index (χ0v) is 15.7. The van der Waals surface area contributed by atoms with E-state index >= 15 is 0 Å². The Kier molecular flexibility index (Phi) is 4.81. The number of aliphatic hydroxyl groups excluding tert-OH is 1. The number of aliphatic hydroxyl groups is 1. The van der Waals surface area contributed by atoms with E-state index in [1.807, 2.05) is 6.07 Å². The molecule has 0 spiro atoms. The number of aromatic amines is 2. The lowest BCUT2D eigenvalue weighted by Crippen LogP contribution is -2.33. The Labute approximate surface area is 165 Å². The first-order valence-corrected chi connectivity index (χ1v) is 8.92. The van der Waals surface area contributed by atoms with Gasteiger partial charge < -0.3 is 20.0 Å². The summed E-state index contributed by atoms with van der Waals surface area (Å²) in [6.07, 6.45) is 4.68. The predicted molar refractivity (Wildman–Crippen MR) is 105 cm³/mol. The average Bonchev–Trinajstić information content (AvgIpc) is 3.37. The van der Waals surface area contributed by atoms with Gasteiger partial charge in [-0.15, -0.1) is 0 Å². The Morgan fingerprint density at radius 1 is 1.25 bits per heavy atom. The Balaban J connectivity index is 1.63. The zero-order valence-electron chi connectivity index (χ0n) is 14.9. The van der Waals surface area contributed by atoms with Crippen molar-refractivity contribution in [3.8, 4) is 11.3 Å². The molecule has 8 nitrogen and oxygen atoms in total. The number of nitrogens with one attached hydrogen (secondary N) is 2. The summed E-state index contributed by atoms with van der Waals surface area (Å²) in [6, 6.07) is 8.30. The van der Waals surface area contributed by atoms with Crippen molar-refractivity contribution in [1.29, 1.82) is 0 Å². The number of hydrogen-bond acceptors (Lipinski definition) is 5. The number of halogens is 1. The topological polar surface area (TPSA) is 111 Å². The van der Waals surface area contributed by atoms with Gasteiger partial charge in [-0.2, -0.15) is 0 Å². The van der Waals surface area contributed by atoms with Gasteiger partial charge in [0.15, 0.2) is 5.65 Å². The number of imidazole rings is 1. The first kappa shape index (κ1) is 18.1. The predicted octanol–water partition coefficient (Wildman–Crippen LogP) is 2.81. The smallest absolute Gasteiger partial charge is 0.270 e. The van der Waals surface area contributed by atoms with Crippen LogP contribution in [0.3, 0.4) is 0 Å². The molecular formula is C19H17ClN6O2. The molecule has 0 fully saturated rings. The van der Waals surface area contributed by atoms with Gasteiger partial charge in [0, 0.05) is 23.8 Å². The summed E-state index contributed by atoms with van der Waals surface area (Å²) in [4.78, 5) is 32.9. The van der Waals surface area contributed by atoms with E-state index in [-0.39, 0.29) is 12.5 Å². The van der Waals surface area contributed by atoms with E-state index in [0.717, 1.165) is 11.1 Å². The number of amides is 1. The molecule has 3 heterocycles. The highest BCUT2D eigenvalue weighted by Crippen LogP contribution is 2.26. The standard InChI is InChI=1S/C19H17ClN6O2/c1-26(15(8-27)11-3-2-4-13(20)5-11)19(28)14-6-12(7-21-14)16-17-18(24-9-22-16)25-10-23-17/h2-7,9-10,15,21,27H,8H2,1H3,(H,22,23,24,25). The molecule has 28 heavy (non-hydrogen) atoms. The molecule has 0 saturated carbocycles. The fourth-order valence-electron chi connectivity index (χ4n) is 3.14. The van der Waals surface area contributed by atoms with Crippen LogP contribution in [0.2, 0.25) is 5.02 Å². The summed E-state index contributed by atoms with van der Waals surface area (Å²) >= 11 is 6.05. The normalized spacial score (nSPS) is 12.2. The van der Waals surface area contributed by atoms with Crippen LogP contribution in [0.5, 0.6) is 0 Å². The summed E-state index contributed by atoms with van der Waals surface area (Å²) in [6.45, 7) is -0.225. The van der Waals surface area contributed by atoms with Gasteiger partial charge in [0.05, 0.1) is 19.0 Å². The largest absolute Gasteiger partial charge is 0.394 e. The number of hydrogen-bond donors (Lipinski definition) is 3. The van der Waals surface area contributed by atoms with Gasteiger partial charge in [-0.3, -0.25) is 4.79 Å². The monoisotopic (exact) mass is 396 g/mol. The molecular weight excluding hydrogens is 380 g/mol. The van der Waals surface area contributed by atoms with Crippen LogP contribution < -0.4 is 0 Å². The molecule has 0 bridgehead atoms. The number of H-pyrrole nitrogens is 2. The van der Waals surface area contributed by atoms with E-state index < -0.39 is 6.04 Å². The second-order valence-electron chi connectivity index (χ2n) is 6.29. The van der Waals surface area contributed by atoms with Crippen molar-refractivity contribution in [2.75, 3.05) is 13.7 Å². The van der Waals surface area contributed by atoms with E-state index in [0.29, 0.717) is 27.6 Å². The van der Waals surface area contributed by atoms with Gasteiger partial charge in [-0.25, -0.2) is 15.0 Å². The lowest BCUT2D eigenvalue weighted by Gasteiger charge is -2.26. The Morgan fingerprint density at radius 3 is 2.89 bits per heavy atom. The molecule has 3 aromatic heterocycles. The third kappa shape index (κ3) is 3.23. The van der Waals surface area contributed by atoms with Gasteiger partial charge in [-0.1, -0.05) is 23.7 Å². The molecule has 4 aromatic rings.